The molecule has 2 amide bonds. The van der Waals surface area contributed by atoms with Crippen LogP contribution < -0.4 is 10.1 Å². The van der Waals surface area contributed by atoms with Gasteiger partial charge in [0.25, 0.3) is 0 Å². The van der Waals surface area contributed by atoms with E-state index < -0.39 is 5.60 Å². The minimum absolute atomic E-state index is 0.0148. The van der Waals surface area contributed by atoms with Crippen molar-refractivity contribution in [2.24, 2.45) is 0 Å². The molecule has 7 nitrogen and oxygen atoms in total. The summed E-state index contributed by atoms with van der Waals surface area (Å²) in [5.74, 6) is 0.375. The zero-order valence-corrected chi connectivity index (χ0v) is 19.1. The molecule has 0 radical (unpaired) electrons. The number of fused-ring (bicyclic) bond motifs is 2. The van der Waals surface area contributed by atoms with Crippen LogP contribution in [0.3, 0.4) is 0 Å². The van der Waals surface area contributed by atoms with Gasteiger partial charge in [0.1, 0.15) is 22.4 Å². The van der Waals surface area contributed by atoms with Crippen molar-refractivity contribution in [2.75, 3.05) is 11.9 Å². The highest BCUT2D eigenvalue weighted by molar-refractivity contribution is 7.16. The normalized spacial score (nSPS) is 19.0. The van der Waals surface area contributed by atoms with Crippen LogP contribution in [0, 0.1) is 11.3 Å². The number of cyclic esters (lactones) is 1. The van der Waals surface area contributed by atoms with Crippen LogP contribution in [-0.4, -0.2) is 35.2 Å². The summed E-state index contributed by atoms with van der Waals surface area (Å²) in [5, 5.41) is 13.2. The smallest absolute Gasteiger partial charge is 0.410 e. The van der Waals surface area contributed by atoms with Crippen LogP contribution in [0.5, 0.6) is 5.75 Å². The van der Waals surface area contributed by atoms with E-state index in [0.717, 1.165) is 16.0 Å². The third-order valence-corrected chi connectivity index (χ3v) is 6.72. The Labute approximate surface area is 191 Å². The molecule has 3 heterocycles. The third kappa shape index (κ3) is 4.34. The van der Waals surface area contributed by atoms with Gasteiger partial charge in [0.2, 0.25) is 5.91 Å². The van der Waals surface area contributed by atoms with Gasteiger partial charge in [-0.15, -0.1) is 11.3 Å². The van der Waals surface area contributed by atoms with E-state index in [-0.39, 0.29) is 18.0 Å². The number of para-hydroxylation sites is 1. The fraction of sp³-hybridized carbons (Fsp3) is 0.375. The van der Waals surface area contributed by atoms with Crippen molar-refractivity contribution in [1.82, 2.24) is 4.90 Å². The van der Waals surface area contributed by atoms with Crippen LogP contribution in [-0.2, 0) is 22.5 Å². The van der Waals surface area contributed by atoms with E-state index >= 15 is 0 Å². The number of ether oxygens (including phenoxy) is 2. The monoisotopic (exact) mass is 451 g/mol. The molecule has 0 saturated carbocycles. The number of nitriles is 1. The lowest BCUT2D eigenvalue weighted by atomic mass is 9.88. The Hall–Kier alpha value is -3.31. The van der Waals surface area contributed by atoms with E-state index in [1.807, 2.05) is 45.0 Å². The number of rotatable bonds is 5. The molecule has 166 valence electrons. The first kappa shape index (κ1) is 21.9. The van der Waals surface area contributed by atoms with Crippen molar-refractivity contribution in [3.63, 3.8) is 0 Å². The summed E-state index contributed by atoms with van der Waals surface area (Å²) in [4.78, 5) is 27.7. The summed E-state index contributed by atoms with van der Waals surface area (Å²) in [5.41, 5.74) is 1.68. The summed E-state index contributed by atoms with van der Waals surface area (Å²) in [6.45, 7) is 6.63. The Morgan fingerprint density at radius 2 is 2.22 bits per heavy atom. The summed E-state index contributed by atoms with van der Waals surface area (Å²) in [6.07, 6.45) is 4.08. The second-order valence-electron chi connectivity index (χ2n) is 8.43. The van der Waals surface area contributed by atoms with E-state index in [2.05, 4.69) is 11.4 Å². The van der Waals surface area contributed by atoms with Crippen LogP contribution in [0.2, 0.25) is 0 Å². The molecule has 0 spiro atoms. The van der Waals surface area contributed by atoms with Crippen molar-refractivity contribution in [2.45, 2.75) is 51.8 Å². The van der Waals surface area contributed by atoms with Crippen molar-refractivity contribution in [1.29, 1.82) is 5.26 Å². The number of nitrogens with one attached hydrogen (secondary N) is 1. The van der Waals surface area contributed by atoms with Crippen LogP contribution in [0.15, 0.2) is 30.3 Å². The van der Waals surface area contributed by atoms with Gasteiger partial charge in [-0.25, -0.2) is 4.79 Å². The van der Waals surface area contributed by atoms with E-state index in [9.17, 15) is 14.9 Å². The van der Waals surface area contributed by atoms with Crippen molar-refractivity contribution in [3.05, 3.63) is 51.9 Å². The summed E-state index contributed by atoms with van der Waals surface area (Å²) in [7, 11) is 0. The first-order valence-corrected chi connectivity index (χ1v) is 11.4. The maximum absolute atomic E-state index is 12.6. The topological polar surface area (TPSA) is 91.7 Å². The highest BCUT2D eigenvalue weighted by Crippen LogP contribution is 2.42. The lowest BCUT2D eigenvalue weighted by Crippen LogP contribution is -2.54. The Balaban J connectivity index is 1.54. The zero-order valence-electron chi connectivity index (χ0n) is 18.3. The first-order valence-electron chi connectivity index (χ1n) is 10.6. The number of benzene rings is 1. The molecule has 1 aromatic heterocycles. The van der Waals surface area contributed by atoms with Gasteiger partial charge in [0.05, 0.1) is 18.7 Å². The molecule has 1 atom stereocenters. The van der Waals surface area contributed by atoms with Crippen LogP contribution in [0.25, 0.3) is 6.08 Å². The standard InChI is InChI=1S/C24H25N3O4S/c1-4-30-19-8-6-5-7-15(19)9-10-21(28)26-22-18(13-25)17-11-16-12-24(2,3)31-23(29)27(16)14-20(17)32-22/h5-10,16H,4,11-12,14H2,1-3H3,(H,26,28)/b10-9+. The van der Waals surface area contributed by atoms with E-state index in [4.69, 9.17) is 9.47 Å². The predicted molar refractivity (Wildman–Crippen MR) is 123 cm³/mol. The highest BCUT2D eigenvalue weighted by atomic mass is 32.1. The fourth-order valence-electron chi connectivity index (χ4n) is 4.22. The van der Waals surface area contributed by atoms with E-state index in [0.29, 0.717) is 42.3 Å². The lowest BCUT2D eigenvalue weighted by molar-refractivity contribution is -0.111. The highest BCUT2D eigenvalue weighted by Gasteiger charge is 2.43. The van der Waals surface area contributed by atoms with Crippen LogP contribution >= 0.6 is 11.3 Å². The van der Waals surface area contributed by atoms with E-state index in [1.165, 1.54) is 17.4 Å². The molecule has 1 fully saturated rings. The average molecular weight is 452 g/mol. The molecule has 0 bridgehead atoms. The number of carbonyl (C=O) groups excluding carboxylic acids is 2. The maximum atomic E-state index is 12.6. The summed E-state index contributed by atoms with van der Waals surface area (Å²) < 4.78 is 11.1. The van der Waals surface area contributed by atoms with Crippen LogP contribution in [0.1, 0.15) is 48.8 Å². The minimum Gasteiger partial charge on any atom is -0.493 e. The van der Waals surface area contributed by atoms with Crippen LogP contribution in [0.4, 0.5) is 9.80 Å². The van der Waals surface area contributed by atoms with Crippen molar-refractivity contribution >= 4 is 34.4 Å². The first-order chi connectivity index (χ1) is 15.3. The number of thiophene rings is 1. The molecule has 1 aromatic carbocycles. The van der Waals surface area contributed by atoms with Gasteiger partial charge in [-0.3, -0.25) is 9.69 Å². The van der Waals surface area contributed by atoms with Gasteiger partial charge in [-0.1, -0.05) is 18.2 Å². The maximum Gasteiger partial charge on any atom is 0.410 e. The molecule has 2 aliphatic rings. The Morgan fingerprint density at radius 3 is 2.97 bits per heavy atom. The third-order valence-electron chi connectivity index (χ3n) is 5.59. The zero-order chi connectivity index (χ0) is 22.9. The predicted octanol–water partition coefficient (Wildman–Crippen LogP) is 4.72. The number of amides is 2. The number of carbonyl (C=O) groups is 2. The molecule has 0 aliphatic carbocycles. The molecule has 1 saturated heterocycles. The summed E-state index contributed by atoms with van der Waals surface area (Å²) in [6, 6.07) is 9.71. The number of nitrogens with zero attached hydrogens (tertiary/aromatic N) is 2. The Morgan fingerprint density at radius 1 is 1.44 bits per heavy atom. The summed E-state index contributed by atoms with van der Waals surface area (Å²) >= 11 is 1.34. The van der Waals surface area contributed by atoms with E-state index in [1.54, 1.807) is 11.0 Å². The molecule has 32 heavy (non-hydrogen) atoms. The van der Waals surface area contributed by atoms with Gasteiger partial charge in [-0.2, -0.15) is 5.26 Å². The fourth-order valence-corrected chi connectivity index (χ4v) is 5.40. The Bertz CT molecular complexity index is 1130. The number of hydrogen-bond acceptors (Lipinski definition) is 6. The SMILES string of the molecule is CCOc1ccccc1/C=C/C(=O)Nc1sc2c(c1C#N)CC1CC(C)(C)OC(=O)N1C2. The average Bonchev–Trinajstić information content (AvgIpc) is 3.07. The molecular formula is C24H25N3O4S. The molecule has 1 unspecified atom stereocenters. The quantitative estimate of drug-likeness (QED) is 0.665. The second-order valence-corrected chi connectivity index (χ2v) is 9.54. The van der Waals surface area contributed by atoms with Gasteiger partial charge in [0.15, 0.2) is 0 Å². The lowest BCUT2D eigenvalue weighted by Gasteiger charge is -2.44. The molecule has 2 aromatic rings. The molecule has 1 N–H and O–H groups in total. The van der Waals surface area contributed by atoms with Gasteiger partial charge in [-0.05, 0) is 44.9 Å². The van der Waals surface area contributed by atoms with Gasteiger partial charge < -0.3 is 14.8 Å². The van der Waals surface area contributed by atoms with Gasteiger partial charge >= 0.3 is 6.09 Å². The molecule has 4 rings (SSSR count). The molecular weight excluding hydrogens is 426 g/mol. The largest absolute Gasteiger partial charge is 0.493 e. The molecule has 2 aliphatic heterocycles. The number of hydrogen-bond donors (Lipinski definition) is 1. The minimum atomic E-state index is -0.530. The number of anilines is 1. The van der Waals surface area contributed by atoms with Crippen molar-refractivity contribution < 1.29 is 19.1 Å². The second kappa shape index (κ2) is 8.67. The van der Waals surface area contributed by atoms with Crippen molar-refractivity contribution in [3.8, 4) is 11.8 Å². The van der Waals surface area contributed by atoms with Gasteiger partial charge in [0, 0.05) is 29.0 Å². The molecule has 8 heteroatoms. The Kier molecular flexibility index (Phi) is 5.94.